The van der Waals surface area contributed by atoms with Crippen LogP contribution in [0.4, 0.5) is 4.39 Å². The molecule has 2 aliphatic heterocycles. The number of ether oxygens (including phenoxy) is 1. The molecule has 0 saturated carbocycles. The van der Waals surface area contributed by atoms with Crippen LogP contribution in [-0.4, -0.2) is 96.5 Å². The molecule has 6 aromatic rings. The number of nitrogens with one attached hydrogen (secondary N) is 3. The molecule has 0 bridgehead atoms. The normalized spacial score (nSPS) is 17.7. The molecule has 1 fully saturated rings. The van der Waals surface area contributed by atoms with E-state index >= 15 is 4.39 Å². The van der Waals surface area contributed by atoms with Gasteiger partial charge in [0.05, 0.1) is 46.9 Å². The van der Waals surface area contributed by atoms with Crippen molar-refractivity contribution >= 4 is 63.6 Å². The van der Waals surface area contributed by atoms with E-state index in [1.165, 1.54) is 17.0 Å². The molecule has 0 aliphatic carbocycles. The Bertz CT molecular complexity index is 3060. The molecule has 4 amide bonds. The number of aliphatic hydroxyl groups is 1. The van der Waals surface area contributed by atoms with E-state index in [-0.39, 0.29) is 56.5 Å². The summed E-state index contributed by atoms with van der Waals surface area (Å²) in [7, 11) is 0. The third-order valence-electron chi connectivity index (χ3n) is 13.3. The average Bonchev–Trinajstić information content (AvgIpc) is 4.11. The SMILES string of the molecule is Cc1ncsc1-c1ccc([C@H](C)NC(=O)[C@@H]2C[C@@H](O)CN2C(=O)[C@@H](NC(=O)CCc2cc(F)cc(O[C@@H](C)CNC(=O)C[C@@H]3N=C(c4ccc(Cl)cc4)c4c(sc(C)c4C)-n4c(C)nnc43)c2)C(C)(C)C)cc1. The van der Waals surface area contributed by atoms with Crippen molar-refractivity contribution in [3.05, 3.63) is 133 Å². The zero-order valence-electron chi connectivity index (χ0n) is 42.4. The number of benzene rings is 3. The van der Waals surface area contributed by atoms with Crippen LogP contribution in [0.2, 0.25) is 5.02 Å². The Balaban J connectivity index is 0.862. The van der Waals surface area contributed by atoms with Gasteiger partial charge in [0.2, 0.25) is 23.6 Å². The number of aryl methyl sites for hydroxylation is 4. The number of halogens is 2. The summed E-state index contributed by atoms with van der Waals surface area (Å²) in [5.41, 5.74) is 8.01. The lowest BCUT2D eigenvalue weighted by molar-refractivity contribution is -0.144. The van der Waals surface area contributed by atoms with Crippen molar-refractivity contribution < 1.29 is 33.4 Å². The Hall–Kier alpha value is -6.34. The molecule has 3 aromatic carbocycles. The van der Waals surface area contributed by atoms with Gasteiger partial charge in [-0.2, -0.15) is 0 Å². The molecule has 384 valence electrons. The van der Waals surface area contributed by atoms with Gasteiger partial charge in [-0.05, 0) is 99.9 Å². The van der Waals surface area contributed by atoms with Crippen molar-refractivity contribution in [3.8, 4) is 21.2 Å². The molecule has 0 radical (unpaired) electrons. The Morgan fingerprint density at radius 3 is 2.34 bits per heavy atom. The molecule has 5 heterocycles. The number of amides is 4. The lowest BCUT2D eigenvalue weighted by Crippen LogP contribution is -2.57. The van der Waals surface area contributed by atoms with Crippen molar-refractivity contribution in [3.63, 3.8) is 0 Å². The highest BCUT2D eigenvalue weighted by Crippen LogP contribution is 2.40. The van der Waals surface area contributed by atoms with Crippen molar-refractivity contribution in [1.82, 2.24) is 40.6 Å². The summed E-state index contributed by atoms with van der Waals surface area (Å²) >= 11 is 9.45. The van der Waals surface area contributed by atoms with E-state index in [9.17, 15) is 24.3 Å². The minimum atomic E-state index is -1.03. The first-order valence-corrected chi connectivity index (χ1v) is 26.4. The maximum absolute atomic E-state index is 15.1. The van der Waals surface area contributed by atoms with E-state index in [1.807, 2.05) is 94.6 Å². The van der Waals surface area contributed by atoms with Crippen molar-refractivity contribution in [2.24, 2.45) is 10.4 Å². The molecule has 0 spiro atoms. The smallest absolute Gasteiger partial charge is 0.246 e. The number of hydrogen-bond donors (Lipinski definition) is 4. The highest BCUT2D eigenvalue weighted by atomic mass is 35.5. The zero-order valence-corrected chi connectivity index (χ0v) is 44.8. The predicted molar refractivity (Wildman–Crippen MR) is 282 cm³/mol. The number of aliphatic hydroxyl groups excluding tert-OH is 1. The van der Waals surface area contributed by atoms with Crippen molar-refractivity contribution in [2.45, 2.75) is 124 Å². The summed E-state index contributed by atoms with van der Waals surface area (Å²) < 4.78 is 23.1. The molecule has 19 heteroatoms. The number of β-amino-alcohol motifs (C(OH)–C–C–N with tert-alkyl or cyclic N) is 1. The maximum Gasteiger partial charge on any atom is 0.246 e. The third-order valence-corrected chi connectivity index (χ3v) is 15.7. The Kier molecular flexibility index (Phi) is 16.0. The van der Waals surface area contributed by atoms with Crippen molar-refractivity contribution in [1.29, 1.82) is 0 Å². The number of thiophene rings is 1. The highest BCUT2D eigenvalue weighted by molar-refractivity contribution is 7.15. The van der Waals surface area contributed by atoms with Crippen LogP contribution in [0.15, 0.2) is 77.2 Å². The third kappa shape index (κ3) is 12.0. The summed E-state index contributed by atoms with van der Waals surface area (Å²) in [6.45, 7) is 17.1. The van der Waals surface area contributed by atoms with Crippen LogP contribution in [0.1, 0.15) is 116 Å². The van der Waals surface area contributed by atoms with Crippen LogP contribution < -0.4 is 20.7 Å². The molecule has 73 heavy (non-hydrogen) atoms. The summed E-state index contributed by atoms with van der Waals surface area (Å²) in [5, 5.41) is 30.0. The lowest BCUT2D eigenvalue weighted by Gasteiger charge is -2.35. The molecule has 6 atom stereocenters. The fourth-order valence-corrected chi connectivity index (χ4v) is 11.4. The standard InChI is InChI=1S/C54H61ClFN9O6S2/c1-28(25-57-45(68)24-42-50-63-62-33(6)65(50)53-46(29(2)32(5)73-53)47(60-42)36-15-17-38(55)18-16-36)71-41-21-34(20-39(56)22-41)10-19-44(67)61-49(54(7,8)9)52(70)64-26-40(66)23-43(64)51(69)59-30(3)35-11-13-37(14-12-35)48-31(4)58-27-72-48/h11-18,20-22,27-28,30,40,42-43,49,66H,10,19,23-26H2,1-9H3,(H,57,68)(H,59,69)(H,61,67)/t28-,30-,40+,42-,43-,49+/m0/s1. The number of likely N-dealkylation sites (tertiary alicyclic amines) is 1. The van der Waals surface area contributed by atoms with Gasteiger partial charge in [-0.3, -0.25) is 28.7 Å². The summed E-state index contributed by atoms with van der Waals surface area (Å²) in [5.74, 6) is -0.749. The first kappa shape index (κ1) is 53.0. The van der Waals surface area contributed by atoms with Gasteiger partial charge < -0.3 is 30.7 Å². The molecule has 8 rings (SSSR count). The summed E-state index contributed by atoms with van der Waals surface area (Å²) in [6.07, 6.45) is -1.43. The van der Waals surface area contributed by atoms with E-state index < -0.39 is 59.3 Å². The number of nitrogens with zero attached hydrogens (tertiary/aromatic N) is 6. The number of carbonyl (C=O) groups is 4. The molecular formula is C54H61ClFN9O6S2. The van der Waals surface area contributed by atoms with Crippen molar-refractivity contribution in [2.75, 3.05) is 13.1 Å². The first-order chi connectivity index (χ1) is 34.6. The first-order valence-electron chi connectivity index (χ1n) is 24.3. The fraction of sp³-hybridized carbons (Fsp3) is 0.407. The second-order valence-corrected chi connectivity index (χ2v) is 22.5. The Morgan fingerprint density at radius 2 is 1.66 bits per heavy atom. The second-order valence-electron chi connectivity index (χ2n) is 20.0. The monoisotopic (exact) mass is 1050 g/mol. The van der Waals surface area contributed by atoms with Crippen LogP contribution in [-0.2, 0) is 25.6 Å². The summed E-state index contributed by atoms with van der Waals surface area (Å²) in [6, 6.07) is 16.5. The lowest BCUT2D eigenvalue weighted by atomic mass is 9.85. The van der Waals surface area contributed by atoms with Gasteiger partial charge >= 0.3 is 0 Å². The zero-order chi connectivity index (χ0) is 52.5. The van der Waals surface area contributed by atoms with E-state index in [0.29, 0.717) is 22.2 Å². The molecule has 1 saturated heterocycles. The predicted octanol–water partition coefficient (Wildman–Crippen LogP) is 8.65. The Labute approximate surface area is 437 Å². The number of rotatable bonds is 16. The van der Waals surface area contributed by atoms with Gasteiger partial charge in [-0.25, -0.2) is 9.37 Å². The quantitative estimate of drug-likeness (QED) is 0.0735. The molecule has 3 aromatic heterocycles. The summed E-state index contributed by atoms with van der Waals surface area (Å²) in [4.78, 5) is 68.4. The molecule has 0 unspecified atom stereocenters. The highest BCUT2D eigenvalue weighted by Gasteiger charge is 2.45. The van der Waals surface area contributed by atoms with E-state index in [1.54, 1.807) is 41.2 Å². The number of carbonyl (C=O) groups excluding carboxylic acids is 4. The van der Waals surface area contributed by atoms with Crippen LogP contribution in [0.5, 0.6) is 5.75 Å². The van der Waals surface area contributed by atoms with E-state index in [2.05, 4.69) is 45.0 Å². The second kappa shape index (κ2) is 22.0. The van der Waals surface area contributed by atoms with Gasteiger partial charge in [-0.15, -0.1) is 32.9 Å². The molecular weight excluding hydrogens is 989 g/mol. The minimum Gasteiger partial charge on any atom is -0.489 e. The number of thiazole rings is 1. The Morgan fingerprint density at radius 1 is 0.945 bits per heavy atom. The van der Waals surface area contributed by atoms with Crippen LogP contribution in [0, 0.1) is 38.9 Å². The van der Waals surface area contributed by atoms with E-state index in [4.69, 9.17) is 21.3 Å². The minimum absolute atomic E-state index is 0.0250. The van der Waals surface area contributed by atoms with Crippen LogP contribution in [0.25, 0.3) is 15.4 Å². The van der Waals surface area contributed by atoms with Gasteiger partial charge in [-0.1, -0.05) is 68.8 Å². The van der Waals surface area contributed by atoms with Gasteiger partial charge in [0.15, 0.2) is 5.82 Å². The number of hydrogen-bond acceptors (Lipinski definition) is 12. The van der Waals surface area contributed by atoms with E-state index in [0.717, 1.165) is 54.0 Å². The number of aliphatic imine (C=N–C) groups is 1. The molecule has 2 aliphatic rings. The maximum atomic E-state index is 15.1. The topological polar surface area (TPSA) is 193 Å². The van der Waals surface area contributed by atoms with Crippen LogP contribution in [0.3, 0.4) is 0 Å². The molecule has 4 N–H and O–H groups in total. The number of fused-ring (bicyclic) bond motifs is 3. The van der Waals surface area contributed by atoms with Gasteiger partial charge in [0.1, 0.15) is 46.6 Å². The van der Waals surface area contributed by atoms with Crippen LogP contribution >= 0.6 is 34.3 Å². The fourth-order valence-electron chi connectivity index (χ4n) is 9.25. The molecule has 15 nitrogen and oxygen atoms in total. The largest absolute Gasteiger partial charge is 0.489 e. The van der Waals surface area contributed by atoms with Gasteiger partial charge in [0.25, 0.3) is 0 Å². The average molecular weight is 1050 g/mol. The number of aromatic nitrogens is 4. The van der Waals surface area contributed by atoms with Gasteiger partial charge in [0, 0.05) is 46.5 Å².